The second-order valence-corrected chi connectivity index (χ2v) is 4.15. The molecule has 1 heterocycles. The lowest BCUT2D eigenvalue weighted by Crippen LogP contribution is -2.14. The van der Waals surface area contributed by atoms with Crippen molar-refractivity contribution in [2.45, 2.75) is 13.5 Å². The van der Waals surface area contributed by atoms with Crippen LogP contribution in [0.1, 0.15) is 11.3 Å². The van der Waals surface area contributed by atoms with Crippen molar-refractivity contribution >= 4 is 5.69 Å². The van der Waals surface area contributed by atoms with Gasteiger partial charge in [-0.1, -0.05) is 6.07 Å². The first-order valence-corrected chi connectivity index (χ1v) is 5.74. The normalized spacial score (nSPS) is 10.6. The molecule has 0 radical (unpaired) electrons. The summed E-state index contributed by atoms with van der Waals surface area (Å²) in [5.41, 5.74) is 1.71. The number of hydrogen-bond acceptors (Lipinski definition) is 4. The molecule has 19 heavy (non-hydrogen) atoms. The molecule has 0 aliphatic heterocycles. The maximum absolute atomic E-state index is 11.8. The van der Waals surface area contributed by atoms with Gasteiger partial charge in [0.15, 0.2) is 0 Å². The molecule has 1 aromatic heterocycles. The number of nitrogens with one attached hydrogen (secondary N) is 2. The van der Waals surface area contributed by atoms with Crippen molar-refractivity contribution in [2.24, 2.45) is 0 Å². The number of aromatic nitrogens is 2. The number of nitrogens with zero attached hydrogens (tertiary/aromatic N) is 2. The summed E-state index contributed by atoms with van der Waals surface area (Å²) in [4.78, 5) is 22.1. The summed E-state index contributed by atoms with van der Waals surface area (Å²) in [6.45, 7) is 2.24. The second kappa shape index (κ2) is 5.07. The Morgan fingerprint density at radius 3 is 2.84 bits per heavy atom. The number of H-pyrrole nitrogens is 1. The summed E-state index contributed by atoms with van der Waals surface area (Å²) in [6.07, 6.45) is 0. The van der Waals surface area contributed by atoms with Crippen molar-refractivity contribution in [3.63, 3.8) is 0 Å². The third-order valence-electron chi connectivity index (χ3n) is 2.91. The van der Waals surface area contributed by atoms with Gasteiger partial charge >= 0.3 is 0 Å². The van der Waals surface area contributed by atoms with E-state index in [1.165, 1.54) is 12.1 Å². The van der Waals surface area contributed by atoms with Gasteiger partial charge < -0.3 is 5.32 Å². The summed E-state index contributed by atoms with van der Waals surface area (Å²) < 4.78 is 1.56. The Hall–Kier alpha value is -2.41. The highest BCUT2D eigenvalue weighted by Gasteiger charge is 2.13. The minimum Gasteiger partial charge on any atom is -0.315 e. The molecule has 0 unspecified atom stereocenters. The molecule has 2 rings (SSSR count). The molecule has 0 saturated carbocycles. The monoisotopic (exact) mass is 262 g/mol. The summed E-state index contributed by atoms with van der Waals surface area (Å²) in [6, 6.07) is 6.13. The predicted octanol–water partition coefficient (Wildman–Crippen LogP) is 1.10. The first-order valence-electron chi connectivity index (χ1n) is 5.74. The molecular weight excluding hydrogens is 248 g/mol. The Kier molecular flexibility index (Phi) is 3.48. The number of aromatic amines is 1. The van der Waals surface area contributed by atoms with Gasteiger partial charge in [0, 0.05) is 24.4 Å². The van der Waals surface area contributed by atoms with Gasteiger partial charge in [0.1, 0.15) is 0 Å². The van der Waals surface area contributed by atoms with E-state index in [0.29, 0.717) is 17.8 Å². The average molecular weight is 262 g/mol. The summed E-state index contributed by atoms with van der Waals surface area (Å²) in [5, 5.41) is 16.4. The lowest BCUT2D eigenvalue weighted by molar-refractivity contribution is -0.384. The Bertz CT molecular complexity index is 672. The molecule has 0 atom stereocenters. The molecule has 0 aliphatic rings. The molecule has 7 heteroatoms. The van der Waals surface area contributed by atoms with Gasteiger partial charge in [-0.3, -0.25) is 24.7 Å². The van der Waals surface area contributed by atoms with E-state index in [2.05, 4.69) is 10.4 Å². The molecule has 1 aromatic carbocycles. The Labute approximate surface area is 109 Å². The number of nitro benzene ring substituents is 1. The average Bonchev–Trinajstić information content (AvgIpc) is 2.67. The van der Waals surface area contributed by atoms with Crippen LogP contribution < -0.4 is 10.9 Å². The highest BCUT2D eigenvalue weighted by Crippen LogP contribution is 2.17. The van der Waals surface area contributed by atoms with Crippen LogP contribution in [0.3, 0.4) is 0 Å². The van der Waals surface area contributed by atoms with Gasteiger partial charge in [0.2, 0.25) is 0 Å². The molecule has 2 N–H and O–H groups in total. The van der Waals surface area contributed by atoms with E-state index in [1.54, 1.807) is 30.8 Å². The number of hydrogen-bond donors (Lipinski definition) is 2. The van der Waals surface area contributed by atoms with Crippen LogP contribution in [0.5, 0.6) is 0 Å². The minimum atomic E-state index is -0.463. The highest BCUT2D eigenvalue weighted by molar-refractivity contribution is 5.44. The third-order valence-corrected chi connectivity index (χ3v) is 2.91. The number of benzene rings is 1. The third kappa shape index (κ3) is 2.41. The van der Waals surface area contributed by atoms with Crippen LogP contribution in [0.4, 0.5) is 5.69 Å². The van der Waals surface area contributed by atoms with Gasteiger partial charge in [-0.25, -0.2) is 0 Å². The van der Waals surface area contributed by atoms with Crippen molar-refractivity contribution in [3.05, 3.63) is 56.0 Å². The predicted molar refractivity (Wildman–Crippen MR) is 70.5 cm³/mol. The molecule has 0 saturated heterocycles. The van der Waals surface area contributed by atoms with Gasteiger partial charge in [0.05, 0.1) is 16.2 Å². The molecule has 2 aromatic rings. The van der Waals surface area contributed by atoms with E-state index >= 15 is 0 Å². The number of non-ortho nitro benzene ring substituents is 1. The largest absolute Gasteiger partial charge is 0.315 e. The minimum absolute atomic E-state index is 0.0124. The standard InChI is InChI=1S/C12H14N4O3/c1-8-11(7-13-2)12(17)14-15(8)9-4-3-5-10(6-9)16(18)19/h3-6,13H,7H2,1-2H3,(H,14,17). The second-order valence-electron chi connectivity index (χ2n) is 4.15. The van der Waals surface area contributed by atoms with Crippen LogP contribution in [-0.2, 0) is 6.54 Å². The summed E-state index contributed by atoms with van der Waals surface area (Å²) in [7, 11) is 1.75. The van der Waals surface area contributed by atoms with Crippen LogP contribution in [0.2, 0.25) is 0 Å². The molecule has 0 fully saturated rings. The fraction of sp³-hybridized carbons (Fsp3) is 0.250. The van der Waals surface area contributed by atoms with Crippen molar-refractivity contribution in [2.75, 3.05) is 7.05 Å². The lowest BCUT2D eigenvalue weighted by Gasteiger charge is -2.05. The van der Waals surface area contributed by atoms with Gasteiger partial charge in [-0.2, -0.15) is 0 Å². The van der Waals surface area contributed by atoms with Crippen LogP contribution in [0, 0.1) is 17.0 Å². The Morgan fingerprint density at radius 1 is 1.47 bits per heavy atom. The topological polar surface area (TPSA) is 93.0 Å². The quantitative estimate of drug-likeness (QED) is 0.637. The van der Waals surface area contributed by atoms with Crippen LogP contribution in [0.15, 0.2) is 29.1 Å². The lowest BCUT2D eigenvalue weighted by atomic mass is 10.2. The molecule has 0 spiro atoms. The number of rotatable bonds is 4. The van der Waals surface area contributed by atoms with Gasteiger partial charge in [-0.05, 0) is 20.0 Å². The van der Waals surface area contributed by atoms with E-state index in [0.717, 1.165) is 5.69 Å². The van der Waals surface area contributed by atoms with Crippen LogP contribution in [-0.4, -0.2) is 21.8 Å². The molecule has 100 valence electrons. The fourth-order valence-corrected chi connectivity index (χ4v) is 1.94. The van der Waals surface area contributed by atoms with Crippen molar-refractivity contribution in [1.29, 1.82) is 0 Å². The molecule has 0 bridgehead atoms. The summed E-state index contributed by atoms with van der Waals surface area (Å²) >= 11 is 0. The fourth-order valence-electron chi connectivity index (χ4n) is 1.94. The molecule has 7 nitrogen and oxygen atoms in total. The molecule has 0 aliphatic carbocycles. The van der Waals surface area contributed by atoms with Crippen molar-refractivity contribution < 1.29 is 4.92 Å². The first kappa shape index (κ1) is 13.0. The summed E-state index contributed by atoms with van der Waals surface area (Å²) in [5.74, 6) is 0. The maximum Gasteiger partial charge on any atom is 0.271 e. The first-order chi connectivity index (χ1) is 9.04. The van der Waals surface area contributed by atoms with Crippen LogP contribution >= 0.6 is 0 Å². The van der Waals surface area contributed by atoms with Gasteiger partial charge in [-0.15, -0.1) is 0 Å². The highest BCUT2D eigenvalue weighted by atomic mass is 16.6. The zero-order valence-corrected chi connectivity index (χ0v) is 10.6. The number of nitro groups is 1. The van der Waals surface area contributed by atoms with Gasteiger partial charge in [0.25, 0.3) is 11.2 Å². The maximum atomic E-state index is 11.8. The zero-order chi connectivity index (χ0) is 14.0. The zero-order valence-electron chi connectivity index (χ0n) is 10.6. The molecular formula is C12H14N4O3. The van der Waals surface area contributed by atoms with E-state index < -0.39 is 4.92 Å². The van der Waals surface area contributed by atoms with E-state index in [-0.39, 0.29) is 11.2 Å². The molecule has 0 amide bonds. The SMILES string of the molecule is CNCc1c(C)n(-c2cccc([N+](=O)[O-])c2)[nH]c1=O. The van der Waals surface area contributed by atoms with Crippen molar-refractivity contribution in [3.8, 4) is 5.69 Å². The van der Waals surface area contributed by atoms with Crippen molar-refractivity contribution in [1.82, 2.24) is 15.1 Å². The van der Waals surface area contributed by atoms with E-state index in [4.69, 9.17) is 0 Å². The van der Waals surface area contributed by atoms with E-state index in [1.807, 2.05) is 0 Å². The Morgan fingerprint density at radius 2 is 2.21 bits per heavy atom. The van der Waals surface area contributed by atoms with E-state index in [9.17, 15) is 14.9 Å². The Balaban J connectivity index is 2.53. The smallest absolute Gasteiger partial charge is 0.271 e. The van der Waals surface area contributed by atoms with Crippen LogP contribution in [0.25, 0.3) is 5.69 Å².